The second-order valence-electron chi connectivity index (χ2n) is 4.78. The summed E-state index contributed by atoms with van der Waals surface area (Å²) in [5, 5.41) is 9.29. The lowest BCUT2D eigenvalue weighted by Crippen LogP contribution is -2.50. The molecule has 1 aromatic heterocycles. The van der Waals surface area contributed by atoms with Gasteiger partial charge in [0.2, 0.25) is 0 Å². The van der Waals surface area contributed by atoms with E-state index in [-0.39, 0.29) is 5.91 Å². The molecule has 1 aliphatic heterocycles. The number of nitrogens with zero attached hydrogens (tertiary/aromatic N) is 3. The summed E-state index contributed by atoms with van der Waals surface area (Å²) >= 11 is 0. The quantitative estimate of drug-likeness (QED) is 0.885. The maximum absolute atomic E-state index is 12.3. The molecule has 6 nitrogen and oxygen atoms in total. The summed E-state index contributed by atoms with van der Waals surface area (Å²) in [7, 11) is 0. The van der Waals surface area contributed by atoms with Gasteiger partial charge < -0.3 is 10.0 Å². The topological polar surface area (TPSA) is 83.4 Å². The van der Waals surface area contributed by atoms with Gasteiger partial charge in [-0.25, -0.2) is 14.8 Å². The fourth-order valence-electron chi connectivity index (χ4n) is 2.46. The third kappa shape index (κ3) is 2.89. The van der Waals surface area contributed by atoms with Crippen molar-refractivity contribution in [3.8, 4) is 0 Å². The number of carbonyl (C=O) groups excluding carboxylic acids is 1. The van der Waals surface area contributed by atoms with Gasteiger partial charge in [0, 0.05) is 18.9 Å². The lowest BCUT2D eigenvalue weighted by atomic mass is 9.88. The average Bonchev–Trinajstić information content (AvgIpc) is 2.46. The lowest BCUT2D eigenvalue weighted by Gasteiger charge is -2.36. The van der Waals surface area contributed by atoms with Gasteiger partial charge in [0.15, 0.2) is 0 Å². The van der Waals surface area contributed by atoms with E-state index in [0.717, 1.165) is 12.8 Å². The maximum Gasteiger partial charge on any atom is 0.326 e. The van der Waals surface area contributed by atoms with Gasteiger partial charge in [-0.1, -0.05) is 13.3 Å². The minimum atomic E-state index is -0.941. The molecule has 1 aliphatic rings. The van der Waals surface area contributed by atoms with Crippen LogP contribution >= 0.6 is 0 Å². The Labute approximate surface area is 111 Å². The molecule has 1 saturated heterocycles. The number of hydrogen-bond acceptors (Lipinski definition) is 4. The van der Waals surface area contributed by atoms with Gasteiger partial charge in [-0.2, -0.15) is 0 Å². The number of piperidine rings is 1. The molecule has 0 saturated carbocycles. The van der Waals surface area contributed by atoms with Gasteiger partial charge in [0.05, 0.1) is 5.56 Å². The summed E-state index contributed by atoms with van der Waals surface area (Å²) < 4.78 is 0. The molecule has 0 aliphatic carbocycles. The Morgan fingerprint density at radius 3 is 2.68 bits per heavy atom. The van der Waals surface area contributed by atoms with Crippen molar-refractivity contribution >= 4 is 11.9 Å². The SMILES string of the molecule is CCC1CCN(C(=O)c2cncnc2)C(C(=O)O)C1. The van der Waals surface area contributed by atoms with Crippen LogP contribution in [-0.4, -0.2) is 44.4 Å². The largest absolute Gasteiger partial charge is 0.480 e. The molecule has 0 bridgehead atoms. The Balaban J connectivity index is 2.18. The zero-order valence-electron chi connectivity index (χ0n) is 10.8. The van der Waals surface area contributed by atoms with Gasteiger partial charge in [0.25, 0.3) is 5.91 Å². The van der Waals surface area contributed by atoms with E-state index >= 15 is 0 Å². The summed E-state index contributed by atoms with van der Waals surface area (Å²) in [4.78, 5) is 32.6. The van der Waals surface area contributed by atoms with Crippen molar-refractivity contribution in [2.45, 2.75) is 32.2 Å². The fourth-order valence-corrected chi connectivity index (χ4v) is 2.46. The van der Waals surface area contributed by atoms with E-state index in [0.29, 0.717) is 24.4 Å². The number of rotatable bonds is 3. The zero-order valence-corrected chi connectivity index (χ0v) is 10.8. The molecule has 2 rings (SSSR count). The molecule has 1 amide bonds. The summed E-state index contributed by atoms with van der Waals surface area (Å²) in [5.74, 6) is -0.872. The molecule has 2 unspecified atom stereocenters. The van der Waals surface area contributed by atoms with Gasteiger partial charge in [0.1, 0.15) is 12.4 Å². The van der Waals surface area contributed by atoms with Gasteiger partial charge in [-0.05, 0) is 18.8 Å². The Hall–Kier alpha value is -1.98. The first-order valence-corrected chi connectivity index (χ1v) is 6.42. The highest BCUT2D eigenvalue weighted by Gasteiger charge is 2.36. The number of carboxylic acid groups (broad SMARTS) is 1. The number of amides is 1. The van der Waals surface area contributed by atoms with Crippen LogP contribution in [-0.2, 0) is 4.79 Å². The smallest absolute Gasteiger partial charge is 0.326 e. The van der Waals surface area contributed by atoms with Crippen LogP contribution < -0.4 is 0 Å². The van der Waals surface area contributed by atoms with E-state index in [1.807, 2.05) is 6.92 Å². The third-order valence-electron chi connectivity index (χ3n) is 3.64. The van der Waals surface area contributed by atoms with E-state index in [1.54, 1.807) is 0 Å². The average molecular weight is 263 g/mol. The van der Waals surface area contributed by atoms with E-state index in [4.69, 9.17) is 0 Å². The summed E-state index contributed by atoms with van der Waals surface area (Å²) in [6.07, 6.45) is 6.49. The second kappa shape index (κ2) is 5.77. The maximum atomic E-state index is 12.3. The first kappa shape index (κ1) is 13.5. The summed E-state index contributed by atoms with van der Waals surface area (Å²) in [5.41, 5.74) is 0.337. The van der Waals surface area contributed by atoms with Crippen molar-refractivity contribution in [2.75, 3.05) is 6.54 Å². The van der Waals surface area contributed by atoms with Crippen LogP contribution in [0.25, 0.3) is 0 Å². The Bertz CT molecular complexity index is 463. The Morgan fingerprint density at radius 2 is 2.11 bits per heavy atom. The van der Waals surface area contributed by atoms with Crippen LogP contribution in [0.1, 0.15) is 36.5 Å². The minimum absolute atomic E-state index is 0.303. The molecule has 102 valence electrons. The van der Waals surface area contributed by atoms with Gasteiger partial charge >= 0.3 is 5.97 Å². The lowest BCUT2D eigenvalue weighted by molar-refractivity contribution is -0.144. The van der Waals surface area contributed by atoms with Crippen molar-refractivity contribution in [1.29, 1.82) is 0 Å². The van der Waals surface area contributed by atoms with Crippen molar-refractivity contribution < 1.29 is 14.7 Å². The van der Waals surface area contributed by atoms with E-state index in [1.165, 1.54) is 23.6 Å². The van der Waals surface area contributed by atoms with Crippen LogP contribution in [0.5, 0.6) is 0 Å². The van der Waals surface area contributed by atoms with Crippen molar-refractivity contribution in [3.63, 3.8) is 0 Å². The number of aromatic nitrogens is 2. The first-order chi connectivity index (χ1) is 9.13. The molecule has 0 radical (unpaired) electrons. The van der Waals surface area contributed by atoms with Gasteiger partial charge in [-0.15, -0.1) is 0 Å². The normalized spacial score (nSPS) is 23.1. The Morgan fingerprint density at radius 1 is 1.42 bits per heavy atom. The number of hydrogen-bond donors (Lipinski definition) is 1. The molecule has 19 heavy (non-hydrogen) atoms. The predicted octanol–water partition coefficient (Wildman–Crippen LogP) is 1.19. The van der Waals surface area contributed by atoms with E-state index in [2.05, 4.69) is 9.97 Å². The van der Waals surface area contributed by atoms with Crippen molar-refractivity contribution in [2.24, 2.45) is 5.92 Å². The highest BCUT2D eigenvalue weighted by Crippen LogP contribution is 2.26. The number of carboxylic acids is 1. The predicted molar refractivity (Wildman–Crippen MR) is 67.5 cm³/mol. The molecule has 1 fully saturated rings. The van der Waals surface area contributed by atoms with Crippen LogP contribution in [0.4, 0.5) is 0 Å². The fraction of sp³-hybridized carbons (Fsp3) is 0.538. The van der Waals surface area contributed by atoms with Crippen LogP contribution in [0.3, 0.4) is 0 Å². The molecular formula is C13H17N3O3. The molecule has 0 spiro atoms. The number of likely N-dealkylation sites (tertiary alicyclic amines) is 1. The van der Waals surface area contributed by atoms with Crippen molar-refractivity contribution in [3.05, 3.63) is 24.3 Å². The molecule has 2 atom stereocenters. The summed E-state index contributed by atoms with van der Waals surface area (Å²) in [6, 6.07) is -0.744. The molecule has 1 aromatic rings. The third-order valence-corrected chi connectivity index (χ3v) is 3.64. The monoisotopic (exact) mass is 263 g/mol. The molecule has 6 heteroatoms. The summed E-state index contributed by atoms with van der Waals surface area (Å²) in [6.45, 7) is 2.52. The van der Waals surface area contributed by atoms with Gasteiger partial charge in [-0.3, -0.25) is 4.79 Å². The van der Waals surface area contributed by atoms with E-state index in [9.17, 15) is 14.7 Å². The highest BCUT2D eigenvalue weighted by molar-refractivity contribution is 5.96. The van der Waals surface area contributed by atoms with Crippen LogP contribution in [0.15, 0.2) is 18.7 Å². The first-order valence-electron chi connectivity index (χ1n) is 6.42. The minimum Gasteiger partial charge on any atom is -0.480 e. The highest BCUT2D eigenvalue weighted by atomic mass is 16.4. The molecular weight excluding hydrogens is 246 g/mol. The molecule has 2 heterocycles. The standard InChI is InChI=1S/C13H17N3O3/c1-2-9-3-4-16(11(5-9)13(18)19)12(17)10-6-14-8-15-7-10/h6-9,11H,2-5H2,1H3,(H,18,19). The van der Waals surface area contributed by atoms with Crippen LogP contribution in [0, 0.1) is 5.92 Å². The molecule has 0 aromatic carbocycles. The van der Waals surface area contributed by atoms with E-state index < -0.39 is 12.0 Å². The molecule has 1 N–H and O–H groups in total. The van der Waals surface area contributed by atoms with Crippen molar-refractivity contribution in [1.82, 2.24) is 14.9 Å². The second-order valence-corrected chi connectivity index (χ2v) is 4.78. The number of carbonyl (C=O) groups is 2. The Kier molecular flexibility index (Phi) is 4.09. The number of aliphatic carboxylic acids is 1. The van der Waals surface area contributed by atoms with Crippen LogP contribution in [0.2, 0.25) is 0 Å². The zero-order chi connectivity index (χ0) is 13.8.